The van der Waals surface area contributed by atoms with E-state index in [1.165, 1.54) is 7.11 Å². The second-order valence-electron chi connectivity index (χ2n) is 6.02. The first-order valence-corrected chi connectivity index (χ1v) is 6.82. The normalized spacial score (nSPS) is 18.3. The number of Topliss-reactive ketones (excluding diaryl/α,β-unsaturated/α-hetero) is 1. The van der Waals surface area contributed by atoms with Crippen molar-refractivity contribution in [3.05, 3.63) is 0 Å². The molecule has 1 aliphatic rings. The van der Waals surface area contributed by atoms with E-state index in [2.05, 4.69) is 5.32 Å². The summed E-state index contributed by atoms with van der Waals surface area (Å²) in [6.45, 7) is 5.25. The van der Waals surface area contributed by atoms with Crippen LogP contribution in [-0.2, 0) is 19.1 Å². The zero-order valence-corrected chi connectivity index (χ0v) is 12.5. The number of alkyl carbamates (subject to hydrolysis) is 1. The van der Waals surface area contributed by atoms with Crippen LogP contribution in [0.25, 0.3) is 0 Å². The summed E-state index contributed by atoms with van der Waals surface area (Å²) < 4.78 is 9.88. The van der Waals surface area contributed by atoms with Gasteiger partial charge in [0.15, 0.2) is 0 Å². The van der Waals surface area contributed by atoms with Crippen LogP contribution in [0.2, 0.25) is 0 Å². The molecule has 6 nitrogen and oxygen atoms in total. The van der Waals surface area contributed by atoms with E-state index in [1.54, 1.807) is 20.8 Å². The second kappa shape index (κ2) is 6.72. The standard InChI is InChI=1S/C14H23NO5/c1-14(2,3)20-13(18)15-11(12(17)19-4)9-5-7-10(16)8-6-9/h9,11H,5-8H2,1-4H3,(H,15,18). The van der Waals surface area contributed by atoms with E-state index >= 15 is 0 Å². The molecule has 20 heavy (non-hydrogen) atoms. The first-order chi connectivity index (χ1) is 9.23. The van der Waals surface area contributed by atoms with Crippen LogP contribution in [0.3, 0.4) is 0 Å². The van der Waals surface area contributed by atoms with E-state index in [-0.39, 0.29) is 11.7 Å². The Bertz CT molecular complexity index is 376. The Morgan fingerprint density at radius 1 is 1.25 bits per heavy atom. The summed E-state index contributed by atoms with van der Waals surface area (Å²) in [7, 11) is 1.28. The number of hydrogen-bond donors (Lipinski definition) is 1. The van der Waals surface area contributed by atoms with Crippen molar-refractivity contribution in [2.75, 3.05) is 7.11 Å². The summed E-state index contributed by atoms with van der Waals surface area (Å²) in [5.74, 6) is -0.398. The Morgan fingerprint density at radius 2 is 1.80 bits per heavy atom. The summed E-state index contributed by atoms with van der Waals surface area (Å²) >= 11 is 0. The number of amides is 1. The van der Waals surface area contributed by atoms with Gasteiger partial charge in [-0.15, -0.1) is 0 Å². The number of nitrogens with one attached hydrogen (secondary N) is 1. The summed E-state index contributed by atoms with van der Waals surface area (Å²) in [4.78, 5) is 34.9. The third-order valence-electron chi connectivity index (χ3n) is 3.19. The smallest absolute Gasteiger partial charge is 0.408 e. The molecule has 1 fully saturated rings. The molecule has 114 valence electrons. The molecular formula is C14H23NO5. The van der Waals surface area contributed by atoms with Gasteiger partial charge in [0.25, 0.3) is 0 Å². The lowest BCUT2D eigenvalue weighted by Gasteiger charge is -2.29. The molecule has 0 saturated heterocycles. The van der Waals surface area contributed by atoms with E-state index in [0.29, 0.717) is 25.7 Å². The lowest BCUT2D eigenvalue weighted by atomic mass is 9.83. The summed E-state index contributed by atoms with van der Waals surface area (Å²) in [6, 6.07) is -0.761. The van der Waals surface area contributed by atoms with Crippen LogP contribution in [0, 0.1) is 5.92 Å². The van der Waals surface area contributed by atoms with Crippen LogP contribution in [-0.4, -0.2) is 36.6 Å². The predicted octanol–water partition coefficient (Wildman–Crippen LogP) is 1.81. The molecule has 1 N–H and O–H groups in total. The minimum absolute atomic E-state index is 0.0901. The van der Waals surface area contributed by atoms with E-state index in [9.17, 15) is 14.4 Å². The third-order valence-corrected chi connectivity index (χ3v) is 3.19. The molecule has 0 heterocycles. The van der Waals surface area contributed by atoms with Crippen LogP contribution in [0.1, 0.15) is 46.5 Å². The van der Waals surface area contributed by atoms with Crippen LogP contribution in [0.5, 0.6) is 0 Å². The quantitative estimate of drug-likeness (QED) is 0.800. The Hall–Kier alpha value is -1.59. The Morgan fingerprint density at radius 3 is 2.25 bits per heavy atom. The molecule has 0 bridgehead atoms. The van der Waals surface area contributed by atoms with E-state index in [1.807, 2.05) is 0 Å². The van der Waals surface area contributed by atoms with E-state index in [0.717, 1.165) is 0 Å². The Labute approximate surface area is 119 Å². The van der Waals surface area contributed by atoms with Gasteiger partial charge in [0.1, 0.15) is 17.4 Å². The minimum Gasteiger partial charge on any atom is -0.467 e. The van der Waals surface area contributed by atoms with Crippen molar-refractivity contribution in [2.45, 2.75) is 58.1 Å². The van der Waals surface area contributed by atoms with Crippen molar-refractivity contribution >= 4 is 17.8 Å². The van der Waals surface area contributed by atoms with Crippen molar-refractivity contribution in [2.24, 2.45) is 5.92 Å². The number of carbonyl (C=O) groups excluding carboxylic acids is 3. The molecule has 6 heteroatoms. The highest BCUT2D eigenvalue weighted by Gasteiger charge is 2.34. The average molecular weight is 285 g/mol. The largest absolute Gasteiger partial charge is 0.467 e. The molecule has 1 saturated carbocycles. The Balaban J connectivity index is 2.67. The molecule has 1 unspecified atom stereocenters. The minimum atomic E-state index is -0.761. The monoisotopic (exact) mass is 285 g/mol. The molecule has 1 rings (SSSR count). The number of ketones is 1. The molecule has 0 spiro atoms. The topological polar surface area (TPSA) is 81.7 Å². The molecule has 0 aromatic heterocycles. The third kappa shape index (κ3) is 5.19. The first-order valence-electron chi connectivity index (χ1n) is 6.82. The zero-order valence-electron chi connectivity index (χ0n) is 12.5. The predicted molar refractivity (Wildman–Crippen MR) is 72.1 cm³/mol. The van der Waals surface area contributed by atoms with Gasteiger partial charge < -0.3 is 14.8 Å². The molecule has 0 aromatic carbocycles. The first kappa shape index (κ1) is 16.5. The fraction of sp³-hybridized carbons (Fsp3) is 0.786. The molecule has 1 aliphatic carbocycles. The lowest BCUT2D eigenvalue weighted by Crippen LogP contribution is -2.49. The van der Waals surface area contributed by atoms with Gasteiger partial charge in [0.05, 0.1) is 7.11 Å². The summed E-state index contributed by atoms with van der Waals surface area (Å²) in [6.07, 6.45) is 1.38. The van der Waals surface area contributed by atoms with Gasteiger partial charge in [0.2, 0.25) is 0 Å². The van der Waals surface area contributed by atoms with E-state index in [4.69, 9.17) is 9.47 Å². The summed E-state index contributed by atoms with van der Waals surface area (Å²) in [5, 5.41) is 2.56. The number of ether oxygens (including phenoxy) is 2. The van der Waals surface area contributed by atoms with E-state index < -0.39 is 23.7 Å². The second-order valence-corrected chi connectivity index (χ2v) is 6.02. The van der Waals surface area contributed by atoms with Crippen LogP contribution in [0.15, 0.2) is 0 Å². The summed E-state index contributed by atoms with van der Waals surface area (Å²) in [5.41, 5.74) is -0.632. The number of esters is 1. The number of methoxy groups -OCH3 is 1. The van der Waals surface area contributed by atoms with Gasteiger partial charge in [-0.25, -0.2) is 9.59 Å². The maximum Gasteiger partial charge on any atom is 0.408 e. The van der Waals surface area contributed by atoms with Crippen molar-refractivity contribution in [3.63, 3.8) is 0 Å². The Kier molecular flexibility index (Phi) is 5.53. The number of hydrogen-bond acceptors (Lipinski definition) is 5. The van der Waals surface area contributed by atoms with Crippen molar-refractivity contribution in [1.29, 1.82) is 0 Å². The van der Waals surface area contributed by atoms with Crippen molar-refractivity contribution in [3.8, 4) is 0 Å². The zero-order chi connectivity index (χ0) is 15.3. The van der Waals surface area contributed by atoms with Crippen molar-refractivity contribution < 1.29 is 23.9 Å². The van der Waals surface area contributed by atoms with Gasteiger partial charge in [-0.2, -0.15) is 0 Å². The van der Waals surface area contributed by atoms with Gasteiger partial charge in [-0.3, -0.25) is 4.79 Å². The molecule has 0 aliphatic heterocycles. The van der Waals surface area contributed by atoms with Gasteiger partial charge >= 0.3 is 12.1 Å². The maximum atomic E-state index is 11.8. The average Bonchev–Trinajstić information content (AvgIpc) is 2.34. The van der Waals surface area contributed by atoms with Gasteiger partial charge in [-0.1, -0.05) is 0 Å². The van der Waals surface area contributed by atoms with Crippen LogP contribution in [0.4, 0.5) is 4.79 Å². The lowest BCUT2D eigenvalue weighted by molar-refractivity contribution is -0.145. The van der Waals surface area contributed by atoms with Crippen LogP contribution < -0.4 is 5.32 Å². The SMILES string of the molecule is COC(=O)C(NC(=O)OC(C)(C)C)C1CCC(=O)CC1. The molecule has 1 amide bonds. The highest BCUT2D eigenvalue weighted by Crippen LogP contribution is 2.25. The highest BCUT2D eigenvalue weighted by atomic mass is 16.6. The molecular weight excluding hydrogens is 262 g/mol. The maximum absolute atomic E-state index is 11.8. The number of carbonyl (C=O) groups is 3. The molecule has 0 radical (unpaired) electrons. The van der Waals surface area contributed by atoms with Gasteiger partial charge in [0, 0.05) is 12.8 Å². The fourth-order valence-electron chi connectivity index (χ4n) is 2.23. The highest BCUT2D eigenvalue weighted by molar-refractivity contribution is 5.83. The van der Waals surface area contributed by atoms with Crippen molar-refractivity contribution in [1.82, 2.24) is 5.32 Å². The molecule has 0 aromatic rings. The van der Waals surface area contributed by atoms with Gasteiger partial charge in [-0.05, 0) is 39.5 Å². The number of rotatable bonds is 3. The fourth-order valence-corrected chi connectivity index (χ4v) is 2.23. The molecule has 1 atom stereocenters. The van der Waals surface area contributed by atoms with Crippen LogP contribution >= 0.6 is 0 Å².